The number of aromatic carboxylic acids is 1. The summed E-state index contributed by atoms with van der Waals surface area (Å²) in [5, 5.41) is 9.22. The van der Waals surface area contributed by atoms with Gasteiger partial charge in [0.15, 0.2) is 17.5 Å². The quantitative estimate of drug-likeness (QED) is 0.273. The van der Waals surface area contributed by atoms with E-state index in [0.717, 1.165) is 44.6 Å². The Morgan fingerprint density at radius 3 is 2.06 bits per heavy atom. The van der Waals surface area contributed by atoms with E-state index in [4.69, 9.17) is 0 Å². The van der Waals surface area contributed by atoms with E-state index in [1.165, 1.54) is 0 Å². The van der Waals surface area contributed by atoms with Gasteiger partial charge in [-0.05, 0) is 66.8 Å². The van der Waals surface area contributed by atoms with Gasteiger partial charge >= 0.3 is 5.97 Å². The van der Waals surface area contributed by atoms with Gasteiger partial charge in [0.1, 0.15) is 17.2 Å². The first-order chi connectivity index (χ1) is 14.7. The standard InChI is InChI=1S/C24H25F5O2/c1-2-3-4-5-13-6-8-14(9-7-13)16-12-17(25)21(24(30)31)23(29)20(16)15-10-18(26)22(28)19(27)11-15/h10-14H,2-9H2,1H3,(H,30,31)/t13-,14-. The Hall–Kier alpha value is -2.44. The van der Waals surface area contributed by atoms with Crippen LogP contribution >= 0.6 is 0 Å². The first-order valence-electron chi connectivity index (χ1n) is 10.6. The molecule has 0 atom stereocenters. The lowest BCUT2D eigenvalue weighted by Gasteiger charge is -2.30. The van der Waals surface area contributed by atoms with E-state index in [0.29, 0.717) is 30.9 Å². The summed E-state index contributed by atoms with van der Waals surface area (Å²) in [5.41, 5.74) is -1.77. The second-order valence-electron chi connectivity index (χ2n) is 8.28. The van der Waals surface area contributed by atoms with E-state index in [-0.39, 0.29) is 22.6 Å². The van der Waals surface area contributed by atoms with E-state index < -0.39 is 40.6 Å². The maximum atomic E-state index is 15.2. The van der Waals surface area contributed by atoms with Crippen LogP contribution in [0, 0.1) is 35.0 Å². The molecule has 0 aliphatic heterocycles. The fourth-order valence-electron chi connectivity index (χ4n) is 4.59. The molecule has 31 heavy (non-hydrogen) atoms. The lowest BCUT2D eigenvalue weighted by Crippen LogP contribution is -2.16. The summed E-state index contributed by atoms with van der Waals surface area (Å²) in [6.07, 6.45) is 7.44. The third-order valence-corrected chi connectivity index (χ3v) is 6.24. The summed E-state index contributed by atoms with van der Waals surface area (Å²) in [6, 6.07) is 2.17. The molecule has 0 radical (unpaired) electrons. The maximum Gasteiger partial charge on any atom is 0.341 e. The fourth-order valence-corrected chi connectivity index (χ4v) is 4.59. The van der Waals surface area contributed by atoms with Crippen molar-refractivity contribution in [2.24, 2.45) is 5.92 Å². The zero-order valence-corrected chi connectivity index (χ0v) is 17.3. The Morgan fingerprint density at radius 1 is 0.903 bits per heavy atom. The molecule has 1 fully saturated rings. The molecule has 1 aliphatic rings. The molecule has 1 N–H and O–H groups in total. The summed E-state index contributed by atoms with van der Waals surface area (Å²) in [4.78, 5) is 11.4. The minimum atomic E-state index is -1.83. The molecule has 2 nitrogen and oxygen atoms in total. The van der Waals surface area contributed by atoms with Gasteiger partial charge in [-0.3, -0.25) is 0 Å². The number of unbranched alkanes of at least 4 members (excludes halogenated alkanes) is 2. The van der Waals surface area contributed by atoms with Crippen molar-refractivity contribution < 1.29 is 31.9 Å². The largest absolute Gasteiger partial charge is 0.477 e. The SMILES string of the molecule is CCCCC[C@H]1CC[C@H](c2cc(F)c(C(=O)O)c(F)c2-c2cc(F)c(F)c(F)c2)CC1. The molecule has 0 unspecified atom stereocenters. The summed E-state index contributed by atoms with van der Waals surface area (Å²) >= 11 is 0. The monoisotopic (exact) mass is 440 g/mol. The van der Waals surface area contributed by atoms with Gasteiger partial charge in [-0.2, -0.15) is 0 Å². The zero-order chi connectivity index (χ0) is 22.7. The van der Waals surface area contributed by atoms with Crippen molar-refractivity contribution in [1.82, 2.24) is 0 Å². The van der Waals surface area contributed by atoms with Gasteiger partial charge in [-0.1, -0.05) is 32.6 Å². The molecule has 0 heterocycles. The van der Waals surface area contributed by atoms with Crippen molar-refractivity contribution in [3.05, 3.63) is 58.4 Å². The highest BCUT2D eigenvalue weighted by molar-refractivity contribution is 5.91. The summed E-state index contributed by atoms with van der Waals surface area (Å²) in [6.45, 7) is 2.13. The zero-order valence-electron chi connectivity index (χ0n) is 17.3. The van der Waals surface area contributed by atoms with Gasteiger partial charge in [0.25, 0.3) is 0 Å². The summed E-state index contributed by atoms with van der Waals surface area (Å²) in [5.74, 6) is -9.01. The van der Waals surface area contributed by atoms with Crippen LogP contribution in [0.4, 0.5) is 22.0 Å². The third-order valence-electron chi connectivity index (χ3n) is 6.24. The van der Waals surface area contributed by atoms with Crippen molar-refractivity contribution in [1.29, 1.82) is 0 Å². The van der Waals surface area contributed by atoms with E-state index in [1.54, 1.807) is 0 Å². The van der Waals surface area contributed by atoms with Crippen molar-refractivity contribution in [3.63, 3.8) is 0 Å². The molecular weight excluding hydrogens is 415 g/mol. The van der Waals surface area contributed by atoms with Crippen molar-refractivity contribution in [3.8, 4) is 11.1 Å². The van der Waals surface area contributed by atoms with E-state index in [2.05, 4.69) is 6.92 Å². The lowest BCUT2D eigenvalue weighted by molar-refractivity contribution is 0.0686. The van der Waals surface area contributed by atoms with Gasteiger partial charge in [-0.25, -0.2) is 26.7 Å². The molecule has 2 aromatic rings. The van der Waals surface area contributed by atoms with Crippen LogP contribution in [0.5, 0.6) is 0 Å². The Labute approximate surface area is 178 Å². The maximum absolute atomic E-state index is 15.2. The second-order valence-corrected chi connectivity index (χ2v) is 8.28. The number of benzene rings is 2. The van der Waals surface area contributed by atoms with Gasteiger partial charge in [0.2, 0.25) is 0 Å². The first-order valence-corrected chi connectivity index (χ1v) is 10.6. The molecule has 0 bridgehead atoms. The average Bonchev–Trinajstić information content (AvgIpc) is 2.71. The molecular formula is C24H25F5O2. The van der Waals surface area contributed by atoms with Crippen LogP contribution in [0.1, 0.15) is 80.1 Å². The minimum Gasteiger partial charge on any atom is -0.477 e. The van der Waals surface area contributed by atoms with Gasteiger partial charge in [0.05, 0.1) is 0 Å². The van der Waals surface area contributed by atoms with Crippen molar-refractivity contribution >= 4 is 5.97 Å². The number of halogens is 5. The van der Waals surface area contributed by atoms with E-state index >= 15 is 4.39 Å². The van der Waals surface area contributed by atoms with E-state index in [9.17, 15) is 27.5 Å². The van der Waals surface area contributed by atoms with Crippen LogP contribution in [-0.4, -0.2) is 11.1 Å². The predicted molar refractivity (Wildman–Crippen MR) is 107 cm³/mol. The van der Waals surface area contributed by atoms with Crippen LogP contribution in [0.15, 0.2) is 18.2 Å². The Morgan fingerprint density at radius 2 is 1.52 bits per heavy atom. The number of carboxylic acids is 1. The minimum absolute atomic E-state index is 0.164. The molecule has 1 saturated carbocycles. The molecule has 0 spiro atoms. The molecule has 7 heteroatoms. The van der Waals surface area contributed by atoms with Gasteiger partial charge < -0.3 is 5.11 Å². The molecule has 2 aromatic carbocycles. The second kappa shape index (κ2) is 9.79. The smallest absolute Gasteiger partial charge is 0.341 e. The number of hydrogen-bond donors (Lipinski definition) is 1. The van der Waals surface area contributed by atoms with Crippen molar-refractivity contribution in [2.45, 2.75) is 64.2 Å². The first kappa shape index (κ1) is 23.2. The third kappa shape index (κ3) is 4.91. The highest BCUT2D eigenvalue weighted by Gasteiger charge is 2.31. The van der Waals surface area contributed by atoms with Crippen LogP contribution in [0.2, 0.25) is 0 Å². The molecule has 0 aromatic heterocycles. The molecule has 168 valence electrons. The number of carbonyl (C=O) groups is 1. The van der Waals surface area contributed by atoms with Gasteiger partial charge in [0, 0.05) is 5.56 Å². The van der Waals surface area contributed by atoms with Gasteiger partial charge in [-0.15, -0.1) is 0 Å². The van der Waals surface area contributed by atoms with Crippen LogP contribution in [-0.2, 0) is 0 Å². The van der Waals surface area contributed by atoms with Crippen LogP contribution in [0.3, 0.4) is 0 Å². The highest BCUT2D eigenvalue weighted by Crippen LogP contribution is 2.43. The molecule has 1 aliphatic carbocycles. The summed E-state index contributed by atoms with van der Waals surface area (Å²) in [7, 11) is 0. The normalized spacial score (nSPS) is 18.9. The Bertz CT molecular complexity index is 942. The average molecular weight is 440 g/mol. The number of hydrogen-bond acceptors (Lipinski definition) is 1. The molecule has 3 rings (SSSR count). The van der Waals surface area contributed by atoms with Crippen LogP contribution in [0.25, 0.3) is 11.1 Å². The van der Waals surface area contributed by atoms with Crippen molar-refractivity contribution in [2.75, 3.05) is 0 Å². The van der Waals surface area contributed by atoms with Crippen LogP contribution < -0.4 is 0 Å². The molecule has 0 saturated heterocycles. The fraction of sp³-hybridized carbons (Fsp3) is 0.458. The Balaban J connectivity index is 2.02. The number of rotatable bonds is 7. The number of carboxylic acid groups (broad SMARTS) is 1. The molecule has 0 amide bonds. The highest BCUT2D eigenvalue weighted by atomic mass is 19.2. The lowest BCUT2D eigenvalue weighted by atomic mass is 9.75. The Kier molecular flexibility index (Phi) is 7.34. The summed E-state index contributed by atoms with van der Waals surface area (Å²) < 4.78 is 70.8. The predicted octanol–water partition coefficient (Wildman–Crippen LogP) is 7.60. The topological polar surface area (TPSA) is 37.3 Å². The van der Waals surface area contributed by atoms with E-state index in [1.807, 2.05) is 0 Å².